The molecular formula is C11H17BrN2. The van der Waals surface area contributed by atoms with Crippen LogP contribution in [0.25, 0.3) is 0 Å². The highest BCUT2D eigenvalue weighted by Gasteiger charge is 2.30. The van der Waals surface area contributed by atoms with Crippen molar-refractivity contribution in [2.24, 2.45) is 11.3 Å². The van der Waals surface area contributed by atoms with Crippen LogP contribution in [0.5, 0.6) is 0 Å². The molecule has 14 heavy (non-hydrogen) atoms. The zero-order chi connectivity index (χ0) is 10.3. The molecule has 1 unspecified atom stereocenters. The first-order valence-electron chi connectivity index (χ1n) is 5.20. The van der Waals surface area contributed by atoms with Crippen molar-refractivity contribution in [1.29, 1.82) is 0 Å². The van der Waals surface area contributed by atoms with Gasteiger partial charge >= 0.3 is 0 Å². The van der Waals surface area contributed by atoms with Crippen molar-refractivity contribution in [3.8, 4) is 0 Å². The van der Waals surface area contributed by atoms with Gasteiger partial charge in [0.25, 0.3) is 0 Å². The highest BCUT2D eigenvalue weighted by atomic mass is 79.9. The second kappa shape index (κ2) is 3.37. The van der Waals surface area contributed by atoms with E-state index in [4.69, 9.17) is 0 Å². The van der Waals surface area contributed by atoms with Gasteiger partial charge < -0.3 is 0 Å². The van der Waals surface area contributed by atoms with Crippen molar-refractivity contribution >= 4 is 15.9 Å². The van der Waals surface area contributed by atoms with Crippen LogP contribution in [0.1, 0.15) is 38.4 Å². The summed E-state index contributed by atoms with van der Waals surface area (Å²) in [5.41, 5.74) is 3.14. The first-order chi connectivity index (χ1) is 6.48. The summed E-state index contributed by atoms with van der Waals surface area (Å²) in [5.74, 6) is 0.781. The molecule has 0 saturated carbocycles. The van der Waals surface area contributed by atoms with E-state index in [0.717, 1.165) is 23.4 Å². The Morgan fingerprint density at radius 3 is 2.79 bits per heavy atom. The minimum absolute atomic E-state index is 0.411. The molecule has 0 radical (unpaired) electrons. The van der Waals surface area contributed by atoms with Crippen molar-refractivity contribution < 1.29 is 0 Å². The molecule has 1 aromatic rings. The van der Waals surface area contributed by atoms with Crippen LogP contribution in [-0.4, -0.2) is 10.2 Å². The molecule has 2 nitrogen and oxygen atoms in total. The summed E-state index contributed by atoms with van der Waals surface area (Å²) < 4.78 is 1.02. The van der Waals surface area contributed by atoms with Crippen LogP contribution in [0.2, 0.25) is 0 Å². The third kappa shape index (κ3) is 1.74. The fourth-order valence-corrected chi connectivity index (χ4v) is 2.69. The maximum absolute atomic E-state index is 4.21. The predicted octanol–water partition coefficient (Wildman–Crippen LogP) is 3.32. The molecule has 1 aliphatic carbocycles. The van der Waals surface area contributed by atoms with E-state index in [1.807, 2.05) is 0 Å². The Labute approximate surface area is 93.6 Å². The maximum Gasteiger partial charge on any atom is 0.131 e. The monoisotopic (exact) mass is 256 g/mol. The standard InChI is InChI=1S/C11H17BrN2/c1-11(2,3)7-4-5-9-8(6-7)10(12)14-13-9/h7H,4-6H2,1-3H3,(H,13,14). The molecule has 1 aliphatic rings. The normalized spacial score (nSPS) is 22.1. The minimum Gasteiger partial charge on any atom is -0.281 e. The van der Waals surface area contributed by atoms with Crippen LogP contribution in [-0.2, 0) is 12.8 Å². The summed E-state index contributed by atoms with van der Waals surface area (Å²) in [6, 6.07) is 0. The lowest BCUT2D eigenvalue weighted by Crippen LogP contribution is -2.26. The summed E-state index contributed by atoms with van der Waals surface area (Å²) in [5, 5.41) is 7.31. The minimum atomic E-state index is 0.411. The number of hydrogen-bond acceptors (Lipinski definition) is 1. The number of aryl methyl sites for hydroxylation is 1. The average Bonchev–Trinajstić information content (AvgIpc) is 2.46. The third-order valence-corrected chi connectivity index (χ3v) is 3.98. The lowest BCUT2D eigenvalue weighted by atomic mass is 9.72. The number of aromatic amines is 1. The molecule has 0 fully saturated rings. The first kappa shape index (κ1) is 10.2. The molecule has 0 amide bonds. The quantitative estimate of drug-likeness (QED) is 0.758. The Bertz CT molecular complexity index is 336. The first-order valence-corrected chi connectivity index (χ1v) is 5.99. The number of nitrogens with zero attached hydrogens (tertiary/aromatic N) is 1. The Balaban J connectivity index is 2.24. The van der Waals surface area contributed by atoms with Gasteiger partial charge in [0.15, 0.2) is 0 Å². The molecule has 1 N–H and O–H groups in total. The molecular weight excluding hydrogens is 240 g/mol. The van der Waals surface area contributed by atoms with Gasteiger partial charge in [-0.2, -0.15) is 5.10 Å². The van der Waals surface area contributed by atoms with Crippen molar-refractivity contribution in [2.75, 3.05) is 0 Å². The largest absolute Gasteiger partial charge is 0.281 e. The highest BCUT2D eigenvalue weighted by Crippen LogP contribution is 2.38. The van der Waals surface area contributed by atoms with E-state index in [1.54, 1.807) is 0 Å². The van der Waals surface area contributed by atoms with Gasteiger partial charge in [0.1, 0.15) is 4.60 Å². The summed E-state index contributed by atoms with van der Waals surface area (Å²) in [7, 11) is 0. The van der Waals surface area contributed by atoms with E-state index in [-0.39, 0.29) is 0 Å². The van der Waals surface area contributed by atoms with E-state index < -0.39 is 0 Å². The number of hydrogen-bond donors (Lipinski definition) is 1. The van der Waals surface area contributed by atoms with Crippen LogP contribution in [0.4, 0.5) is 0 Å². The van der Waals surface area contributed by atoms with Crippen LogP contribution < -0.4 is 0 Å². The van der Waals surface area contributed by atoms with Crippen molar-refractivity contribution in [2.45, 2.75) is 40.0 Å². The van der Waals surface area contributed by atoms with Crippen molar-refractivity contribution in [3.05, 3.63) is 15.9 Å². The fraction of sp³-hybridized carbons (Fsp3) is 0.727. The number of H-pyrrole nitrogens is 1. The second-order valence-electron chi connectivity index (χ2n) is 5.28. The van der Waals surface area contributed by atoms with Crippen LogP contribution in [0.15, 0.2) is 4.60 Å². The van der Waals surface area contributed by atoms with Crippen molar-refractivity contribution in [1.82, 2.24) is 10.2 Å². The Hall–Kier alpha value is -0.310. The summed E-state index contributed by atoms with van der Waals surface area (Å²) in [4.78, 5) is 0. The van der Waals surface area contributed by atoms with Gasteiger partial charge in [-0.1, -0.05) is 20.8 Å². The van der Waals surface area contributed by atoms with Gasteiger partial charge in [-0.05, 0) is 46.5 Å². The molecule has 3 heteroatoms. The van der Waals surface area contributed by atoms with E-state index >= 15 is 0 Å². The second-order valence-corrected chi connectivity index (χ2v) is 6.03. The molecule has 2 rings (SSSR count). The molecule has 1 heterocycles. The lowest BCUT2D eigenvalue weighted by Gasteiger charge is -2.33. The molecule has 0 spiro atoms. The molecule has 0 bridgehead atoms. The predicted molar refractivity (Wildman–Crippen MR) is 61.3 cm³/mol. The van der Waals surface area contributed by atoms with E-state index in [0.29, 0.717) is 5.41 Å². The summed E-state index contributed by atoms with van der Waals surface area (Å²) in [6.45, 7) is 6.99. The number of nitrogens with one attached hydrogen (secondary N) is 1. The summed E-state index contributed by atoms with van der Waals surface area (Å²) in [6.07, 6.45) is 3.59. The van der Waals surface area contributed by atoms with Crippen LogP contribution in [0.3, 0.4) is 0 Å². The number of aromatic nitrogens is 2. The lowest BCUT2D eigenvalue weighted by molar-refractivity contribution is 0.215. The van der Waals surface area contributed by atoms with Crippen LogP contribution >= 0.6 is 15.9 Å². The average molecular weight is 257 g/mol. The smallest absolute Gasteiger partial charge is 0.131 e. The number of rotatable bonds is 0. The molecule has 0 aromatic carbocycles. The van der Waals surface area contributed by atoms with Gasteiger partial charge in [-0.3, -0.25) is 5.10 Å². The van der Waals surface area contributed by atoms with E-state index in [1.165, 1.54) is 17.7 Å². The molecule has 78 valence electrons. The topological polar surface area (TPSA) is 28.7 Å². The zero-order valence-electron chi connectivity index (χ0n) is 9.02. The number of fused-ring (bicyclic) bond motifs is 1. The SMILES string of the molecule is CC(C)(C)C1CCc2[nH]nc(Br)c2C1. The van der Waals surface area contributed by atoms with Gasteiger partial charge in [0.2, 0.25) is 0 Å². The molecule has 1 aromatic heterocycles. The maximum atomic E-state index is 4.21. The Morgan fingerprint density at radius 2 is 2.14 bits per heavy atom. The van der Waals surface area contributed by atoms with Gasteiger partial charge in [0.05, 0.1) is 0 Å². The number of halogens is 1. The van der Waals surface area contributed by atoms with Gasteiger partial charge in [-0.15, -0.1) is 0 Å². The van der Waals surface area contributed by atoms with E-state index in [9.17, 15) is 0 Å². The van der Waals surface area contributed by atoms with Crippen LogP contribution in [0, 0.1) is 11.3 Å². The van der Waals surface area contributed by atoms with Gasteiger partial charge in [-0.25, -0.2) is 0 Å². The molecule has 0 saturated heterocycles. The molecule has 0 aliphatic heterocycles. The Kier molecular flexibility index (Phi) is 2.46. The summed E-state index contributed by atoms with van der Waals surface area (Å²) >= 11 is 3.50. The van der Waals surface area contributed by atoms with Crippen molar-refractivity contribution in [3.63, 3.8) is 0 Å². The fourth-order valence-electron chi connectivity index (χ4n) is 2.20. The Morgan fingerprint density at radius 1 is 1.43 bits per heavy atom. The van der Waals surface area contributed by atoms with E-state index in [2.05, 4.69) is 46.9 Å². The molecule has 1 atom stereocenters. The van der Waals surface area contributed by atoms with Gasteiger partial charge in [0, 0.05) is 11.3 Å². The zero-order valence-corrected chi connectivity index (χ0v) is 10.6. The highest BCUT2D eigenvalue weighted by molar-refractivity contribution is 9.10. The third-order valence-electron chi connectivity index (χ3n) is 3.32.